The van der Waals surface area contributed by atoms with Gasteiger partial charge in [-0.1, -0.05) is 257 Å². The van der Waals surface area contributed by atoms with E-state index in [-0.39, 0.29) is 18.5 Å². The number of rotatable bonds is 52. The van der Waals surface area contributed by atoms with Crippen molar-refractivity contribution < 1.29 is 24.5 Å². The highest BCUT2D eigenvalue weighted by Gasteiger charge is 2.20. The number of aliphatic hydroxyl groups excluding tert-OH is 2. The number of unbranched alkanes of at least 4 members (excludes halogenated alkanes) is 39. The van der Waals surface area contributed by atoms with Crippen LogP contribution in [0.2, 0.25) is 0 Å². The van der Waals surface area contributed by atoms with Crippen molar-refractivity contribution in [1.29, 1.82) is 0 Å². The monoisotopic (exact) mass is 876 g/mol. The highest BCUT2D eigenvalue weighted by atomic mass is 16.5. The van der Waals surface area contributed by atoms with Crippen LogP contribution in [-0.2, 0) is 14.3 Å². The van der Waals surface area contributed by atoms with E-state index >= 15 is 0 Å². The van der Waals surface area contributed by atoms with Gasteiger partial charge in [0.2, 0.25) is 5.91 Å². The second-order valence-electron chi connectivity index (χ2n) is 19.3. The van der Waals surface area contributed by atoms with Crippen LogP contribution in [0.1, 0.15) is 309 Å². The second kappa shape index (κ2) is 52.2. The van der Waals surface area contributed by atoms with Gasteiger partial charge in [-0.15, -0.1) is 0 Å². The van der Waals surface area contributed by atoms with E-state index < -0.39 is 12.1 Å². The van der Waals surface area contributed by atoms with Crippen molar-refractivity contribution in [2.45, 2.75) is 321 Å². The number of hydrogen-bond donors (Lipinski definition) is 3. The molecule has 0 spiro atoms. The third-order valence-corrected chi connectivity index (χ3v) is 13.1. The Bertz CT molecular complexity index is 924. The summed E-state index contributed by atoms with van der Waals surface area (Å²) in [5.41, 5.74) is 0. The van der Waals surface area contributed by atoms with Gasteiger partial charge in [0.05, 0.1) is 25.4 Å². The summed E-state index contributed by atoms with van der Waals surface area (Å²) in [6, 6.07) is -0.543. The molecule has 6 heteroatoms. The van der Waals surface area contributed by atoms with E-state index in [1.54, 1.807) is 0 Å². The van der Waals surface area contributed by atoms with Crippen LogP contribution >= 0.6 is 0 Å². The van der Waals surface area contributed by atoms with E-state index in [0.29, 0.717) is 25.9 Å². The zero-order valence-electron chi connectivity index (χ0n) is 41.9. The molecule has 0 radical (unpaired) electrons. The Morgan fingerprint density at radius 2 is 0.758 bits per heavy atom. The van der Waals surface area contributed by atoms with Gasteiger partial charge in [0, 0.05) is 12.8 Å². The molecule has 62 heavy (non-hydrogen) atoms. The maximum Gasteiger partial charge on any atom is 0.305 e. The van der Waals surface area contributed by atoms with Crippen LogP contribution in [0, 0.1) is 0 Å². The van der Waals surface area contributed by atoms with Crippen LogP contribution in [0.15, 0.2) is 12.2 Å². The van der Waals surface area contributed by atoms with Crippen LogP contribution in [0.4, 0.5) is 0 Å². The van der Waals surface area contributed by atoms with Crippen LogP contribution in [0.5, 0.6) is 0 Å². The maximum atomic E-state index is 12.4. The normalized spacial score (nSPS) is 12.6. The van der Waals surface area contributed by atoms with Crippen molar-refractivity contribution in [3.63, 3.8) is 0 Å². The summed E-state index contributed by atoms with van der Waals surface area (Å²) < 4.78 is 5.46. The molecule has 0 saturated heterocycles. The molecule has 0 fully saturated rings. The molecule has 1 amide bonds. The third kappa shape index (κ3) is 48.1. The van der Waals surface area contributed by atoms with Crippen molar-refractivity contribution in [1.82, 2.24) is 5.32 Å². The Morgan fingerprint density at radius 3 is 1.15 bits per heavy atom. The summed E-state index contributed by atoms with van der Waals surface area (Å²) >= 11 is 0. The first-order valence-corrected chi connectivity index (χ1v) is 27.9. The van der Waals surface area contributed by atoms with E-state index in [2.05, 4.69) is 31.3 Å². The van der Waals surface area contributed by atoms with Gasteiger partial charge in [-0.2, -0.15) is 0 Å². The predicted octanol–water partition coefficient (Wildman–Crippen LogP) is 16.9. The van der Waals surface area contributed by atoms with E-state index in [0.717, 1.165) is 38.5 Å². The number of allylic oxidation sites excluding steroid dienone is 2. The first-order valence-electron chi connectivity index (χ1n) is 27.9. The molecule has 3 N–H and O–H groups in total. The van der Waals surface area contributed by atoms with Gasteiger partial charge in [0.25, 0.3) is 0 Å². The molecule has 0 aromatic heterocycles. The number of esters is 1. The fourth-order valence-electron chi connectivity index (χ4n) is 8.75. The molecule has 0 aliphatic rings. The largest absolute Gasteiger partial charge is 0.466 e. The molecule has 0 saturated carbocycles. The van der Waals surface area contributed by atoms with E-state index in [9.17, 15) is 19.8 Å². The average molecular weight is 876 g/mol. The van der Waals surface area contributed by atoms with Crippen LogP contribution < -0.4 is 5.32 Å². The predicted molar refractivity (Wildman–Crippen MR) is 269 cm³/mol. The molecule has 0 aliphatic heterocycles. The molecule has 0 rings (SSSR count). The summed E-state index contributed by atoms with van der Waals surface area (Å²) in [7, 11) is 0. The number of carbonyl (C=O) groups is 2. The summed E-state index contributed by atoms with van der Waals surface area (Å²) in [6.45, 7) is 4.94. The van der Waals surface area contributed by atoms with Crippen molar-refractivity contribution in [2.24, 2.45) is 0 Å². The van der Waals surface area contributed by atoms with Gasteiger partial charge in [-0.25, -0.2) is 0 Å². The standard InChI is InChI=1S/C56H109NO5/c1-3-5-7-9-11-13-28-32-36-40-44-48-54(59)53(52-58)57-55(60)49-45-41-37-33-30-26-24-22-20-18-16-15-17-19-21-23-25-27-31-35-39-43-47-51-62-56(61)50-46-42-38-34-29-14-12-10-8-6-4-2/h18,20,53-54,58-59H,3-17,19,21-52H2,1-2H3,(H,57,60)/b20-18-. The Balaban J connectivity index is 3.39. The lowest BCUT2D eigenvalue weighted by Gasteiger charge is -2.22. The van der Waals surface area contributed by atoms with Gasteiger partial charge < -0.3 is 20.3 Å². The van der Waals surface area contributed by atoms with Crippen LogP contribution in [-0.4, -0.2) is 47.4 Å². The minimum absolute atomic E-state index is 0.0113. The molecular weight excluding hydrogens is 767 g/mol. The molecule has 6 nitrogen and oxygen atoms in total. The number of carbonyl (C=O) groups excluding carboxylic acids is 2. The van der Waals surface area contributed by atoms with E-state index in [4.69, 9.17) is 4.74 Å². The molecular formula is C56H109NO5. The van der Waals surface area contributed by atoms with Gasteiger partial charge in [-0.3, -0.25) is 9.59 Å². The molecule has 368 valence electrons. The highest BCUT2D eigenvalue weighted by molar-refractivity contribution is 5.76. The Kier molecular flexibility index (Phi) is 51.0. The number of aliphatic hydroxyl groups is 2. The topological polar surface area (TPSA) is 95.9 Å². The molecule has 0 heterocycles. The summed E-state index contributed by atoms with van der Waals surface area (Å²) in [4.78, 5) is 24.4. The summed E-state index contributed by atoms with van der Waals surface area (Å²) in [5.74, 6) is -0.0302. The summed E-state index contributed by atoms with van der Waals surface area (Å²) in [5, 5.41) is 23.2. The Morgan fingerprint density at radius 1 is 0.435 bits per heavy atom. The fourth-order valence-corrected chi connectivity index (χ4v) is 8.75. The van der Waals surface area contributed by atoms with Crippen molar-refractivity contribution >= 4 is 11.9 Å². The zero-order valence-corrected chi connectivity index (χ0v) is 41.9. The quantitative estimate of drug-likeness (QED) is 0.0321. The van der Waals surface area contributed by atoms with Crippen LogP contribution in [0.25, 0.3) is 0 Å². The van der Waals surface area contributed by atoms with E-state index in [1.165, 1.54) is 238 Å². The average Bonchev–Trinajstić information content (AvgIpc) is 3.27. The van der Waals surface area contributed by atoms with Crippen molar-refractivity contribution in [3.8, 4) is 0 Å². The lowest BCUT2D eigenvalue weighted by molar-refractivity contribution is -0.143. The fraction of sp³-hybridized carbons (Fsp3) is 0.929. The minimum Gasteiger partial charge on any atom is -0.466 e. The molecule has 0 aliphatic carbocycles. The SMILES string of the molecule is CCCCCCCCCCCCCC(=O)OCCCCCCCCCCCCCC/C=C\CCCCCCCCCC(=O)NC(CO)C(O)CCCCCCCCCCCCC. The Labute approximate surface area is 387 Å². The molecule has 0 bridgehead atoms. The lowest BCUT2D eigenvalue weighted by atomic mass is 10.0. The zero-order chi connectivity index (χ0) is 45.1. The number of hydrogen-bond acceptors (Lipinski definition) is 5. The summed E-state index contributed by atoms with van der Waals surface area (Å²) in [6.07, 6.45) is 60.6. The van der Waals surface area contributed by atoms with Gasteiger partial charge in [0.1, 0.15) is 0 Å². The van der Waals surface area contributed by atoms with Gasteiger partial charge in [-0.05, 0) is 51.4 Å². The molecule has 0 aromatic rings. The Hall–Kier alpha value is -1.40. The minimum atomic E-state index is -0.665. The molecule has 2 atom stereocenters. The molecule has 0 aromatic carbocycles. The van der Waals surface area contributed by atoms with Crippen molar-refractivity contribution in [3.05, 3.63) is 12.2 Å². The van der Waals surface area contributed by atoms with Gasteiger partial charge >= 0.3 is 5.97 Å². The van der Waals surface area contributed by atoms with Crippen LogP contribution in [0.3, 0.4) is 0 Å². The van der Waals surface area contributed by atoms with E-state index in [1.807, 2.05) is 0 Å². The lowest BCUT2D eigenvalue weighted by Crippen LogP contribution is -2.45. The maximum absolute atomic E-state index is 12.4. The highest BCUT2D eigenvalue weighted by Crippen LogP contribution is 2.17. The van der Waals surface area contributed by atoms with Gasteiger partial charge in [0.15, 0.2) is 0 Å². The first kappa shape index (κ1) is 60.6. The van der Waals surface area contributed by atoms with Crippen molar-refractivity contribution in [2.75, 3.05) is 13.2 Å². The number of ether oxygens (including phenoxy) is 1. The molecule has 2 unspecified atom stereocenters. The number of amides is 1. The first-order chi connectivity index (χ1) is 30.5. The third-order valence-electron chi connectivity index (χ3n) is 13.1. The second-order valence-corrected chi connectivity index (χ2v) is 19.3. The number of nitrogens with one attached hydrogen (secondary N) is 1. The smallest absolute Gasteiger partial charge is 0.305 e.